The topological polar surface area (TPSA) is 117 Å². The Balaban J connectivity index is 3.55. The number of hydrogen-bond acceptors (Lipinski definition) is 5. The summed E-state index contributed by atoms with van der Waals surface area (Å²) in [6.07, 6.45) is -0.339. The highest BCUT2D eigenvalue weighted by atomic mass is 16.5. The van der Waals surface area contributed by atoms with Crippen molar-refractivity contribution in [3.8, 4) is 17.6 Å². The first-order chi connectivity index (χ1) is 12.1. The molecule has 7 heteroatoms. The van der Waals surface area contributed by atoms with Crippen LogP contribution in [0.5, 0.6) is 11.5 Å². The van der Waals surface area contributed by atoms with Crippen molar-refractivity contribution < 1.29 is 29.3 Å². The molecular weight excluding hydrogens is 338 g/mol. The average Bonchev–Trinajstić information content (AvgIpc) is 2.58. The smallest absolute Gasteiger partial charge is 0.309 e. The van der Waals surface area contributed by atoms with Crippen LogP contribution in [0.1, 0.15) is 45.6 Å². The van der Waals surface area contributed by atoms with Gasteiger partial charge in [0.1, 0.15) is 11.5 Å². The minimum absolute atomic E-state index is 0.0258. The van der Waals surface area contributed by atoms with Crippen LogP contribution in [0.2, 0.25) is 0 Å². The first-order valence-corrected chi connectivity index (χ1v) is 8.29. The summed E-state index contributed by atoms with van der Waals surface area (Å²) in [4.78, 5) is 22.7. The predicted molar refractivity (Wildman–Crippen MR) is 94.4 cm³/mol. The number of rotatable bonds is 10. The van der Waals surface area contributed by atoms with Gasteiger partial charge in [-0.2, -0.15) is 5.26 Å². The molecule has 1 atom stereocenters. The van der Waals surface area contributed by atoms with Gasteiger partial charge in [0, 0.05) is 18.1 Å². The van der Waals surface area contributed by atoms with Crippen LogP contribution in [0, 0.1) is 16.7 Å². The number of benzene rings is 1. The highest BCUT2D eigenvalue weighted by Gasteiger charge is 2.43. The van der Waals surface area contributed by atoms with Crippen molar-refractivity contribution in [2.24, 2.45) is 5.41 Å². The Labute approximate surface area is 153 Å². The van der Waals surface area contributed by atoms with Crippen LogP contribution in [-0.2, 0) is 15.0 Å². The molecule has 7 nitrogen and oxygen atoms in total. The van der Waals surface area contributed by atoms with Crippen molar-refractivity contribution in [2.45, 2.75) is 45.4 Å². The second-order valence-electron chi connectivity index (χ2n) is 6.75. The summed E-state index contributed by atoms with van der Waals surface area (Å²) in [5, 5.41) is 28.6. The SMILES string of the molecule is CCOc1cc(OC)ccc1C(C#N)(CCC(=O)O)CC(C)(C)C(=O)O. The number of ether oxygens (including phenoxy) is 2. The van der Waals surface area contributed by atoms with E-state index in [2.05, 4.69) is 6.07 Å². The molecule has 0 aliphatic heterocycles. The molecule has 0 amide bonds. The van der Waals surface area contributed by atoms with Gasteiger partial charge in [-0.15, -0.1) is 0 Å². The number of nitriles is 1. The lowest BCUT2D eigenvalue weighted by Gasteiger charge is -2.34. The molecule has 0 bridgehead atoms. The second-order valence-corrected chi connectivity index (χ2v) is 6.75. The monoisotopic (exact) mass is 363 g/mol. The third-order valence-electron chi connectivity index (χ3n) is 4.31. The van der Waals surface area contributed by atoms with Gasteiger partial charge in [-0.05, 0) is 39.7 Å². The molecule has 142 valence electrons. The molecule has 0 spiro atoms. The summed E-state index contributed by atoms with van der Waals surface area (Å²) in [6, 6.07) is 7.11. The van der Waals surface area contributed by atoms with Gasteiger partial charge in [0.05, 0.1) is 30.6 Å². The van der Waals surface area contributed by atoms with E-state index in [1.807, 2.05) is 0 Å². The molecule has 1 unspecified atom stereocenters. The maximum atomic E-state index is 11.6. The molecule has 0 saturated heterocycles. The quantitative estimate of drug-likeness (QED) is 0.655. The van der Waals surface area contributed by atoms with Crippen LogP contribution in [0.25, 0.3) is 0 Å². The Morgan fingerprint density at radius 3 is 2.38 bits per heavy atom. The largest absolute Gasteiger partial charge is 0.497 e. The van der Waals surface area contributed by atoms with E-state index in [9.17, 15) is 20.0 Å². The van der Waals surface area contributed by atoms with E-state index in [0.717, 1.165) is 0 Å². The molecule has 0 aliphatic carbocycles. The van der Waals surface area contributed by atoms with Gasteiger partial charge in [-0.25, -0.2) is 0 Å². The van der Waals surface area contributed by atoms with Crippen LogP contribution >= 0.6 is 0 Å². The number of carboxylic acids is 2. The van der Waals surface area contributed by atoms with Gasteiger partial charge >= 0.3 is 11.9 Å². The first kappa shape index (κ1) is 21.3. The van der Waals surface area contributed by atoms with Crippen LogP contribution in [0.4, 0.5) is 0 Å². The first-order valence-electron chi connectivity index (χ1n) is 8.29. The van der Waals surface area contributed by atoms with Crippen molar-refractivity contribution in [3.05, 3.63) is 23.8 Å². The number of methoxy groups -OCH3 is 1. The Hall–Kier alpha value is -2.75. The zero-order chi connectivity index (χ0) is 20.0. The third-order valence-corrected chi connectivity index (χ3v) is 4.31. The third kappa shape index (κ3) is 4.88. The fraction of sp³-hybridized carbons (Fsp3) is 0.526. The molecule has 0 radical (unpaired) electrons. The van der Waals surface area contributed by atoms with Gasteiger partial charge in [-0.3, -0.25) is 9.59 Å². The molecule has 0 fully saturated rings. The number of hydrogen-bond donors (Lipinski definition) is 2. The van der Waals surface area contributed by atoms with Crippen molar-refractivity contribution >= 4 is 11.9 Å². The molecule has 0 aliphatic rings. The number of carbonyl (C=O) groups is 2. The second kappa shape index (κ2) is 8.56. The molecule has 1 rings (SSSR count). The van der Waals surface area contributed by atoms with E-state index in [1.54, 1.807) is 25.1 Å². The van der Waals surface area contributed by atoms with Gasteiger partial charge in [0.2, 0.25) is 0 Å². The summed E-state index contributed by atoms with van der Waals surface area (Å²) in [7, 11) is 1.50. The van der Waals surface area contributed by atoms with Crippen molar-refractivity contribution in [1.29, 1.82) is 5.26 Å². The van der Waals surface area contributed by atoms with E-state index >= 15 is 0 Å². The number of nitrogens with zero attached hydrogens (tertiary/aromatic N) is 1. The summed E-state index contributed by atoms with van der Waals surface area (Å²) in [6.45, 7) is 5.16. The van der Waals surface area contributed by atoms with Crippen molar-refractivity contribution in [1.82, 2.24) is 0 Å². The van der Waals surface area contributed by atoms with Crippen LogP contribution in [0.15, 0.2) is 18.2 Å². The Morgan fingerprint density at radius 2 is 1.92 bits per heavy atom. The number of carboxylic acid groups (broad SMARTS) is 2. The van der Waals surface area contributed by atoms with Gasteiger partial charge in [-0.1, -0.05) is 6.07 Å². The maximum Gasteiger partial charge on any atom is 0.309 e. The number of aliphatic carboxylic acids is 2. The normalized spacial score (nSPS) is 13.3. The molecule has 1 aromatic rings. The summed E-state index contributed by atoms with van der Waals surface area (Å²) in [5.74, 6) is -1.19. The van der Waals surface area contributed by atoms with Gasteiger partial charge in [0.15, 0.2) is 0 Å². The van der Waals surface area contributed by atoms with Crippen LogP contribution < -0.4 is 9.47 Å². The molecule has 1 aromatic carbocycles. The van der Waals surface area contributed by atoms with Crippen molar-refractivity contribution in [2.75, 3.05) is 13.7 Å². The Morgan fingerprint density at radius 1 is 1.27 bits per heavy atom. The summed E-state index contributed by atoms with van der Waals surface area (Å²) >= 11 is 0. The van der Waals surface area contributed by atoms with Gasteiger partial charge < -0.3 is 19.7 Å². The van der Waals surface area contributed by atoms with Crippen molar-refractivity contribution in [3.63, 3.8) is 0 Å². The van der Waals surface area contributed by atoms with E-state index in [4.69, 9.17) is 14.6 Å². The van der Waals surface area contributed by atoms with E-state index in [-0.39, 0.29) is 19.3 Å². The fourth-order valence-corrected chi connectivity index (χ4v) is 2.92. The fourth-order valence-electron chi connectivity index (χ4n) is 2.92. The minimum atomic E-state index is -1.32. The zero-order valence-corrected chi connectivity index (χ0v) is 15.5. The van der Waals surface area contributed by atoms with E-state index in [0.29, 0.717) is 23.7 Å². The van der Waals surface area contributed by atoms with E-state index in [1.165, 1.54) is 21.0 Å². The molecule has 0 aromatic heterocycles. The Bertz CT molecular complexity index is 706. The lowest BCUT2D eigenvalue weighted by atomic mass is 9.67. The predicted octanol–water partition coefficient (Wildman–Crippen LogP) is 3.22. The summed E-state index contributed by atoms with van der Waals surface area (Å²) < 4.78 is 10.8. The molecule has 0 heterocycles. The zero-order valence-electron chi connectivity index (χ0n) is 15.5. The molecule has 2 N–H and O–H groups in total. The lowest BCUT2D eigenvalue weighted by Crippen LogP contribution is -2.36. The average molecular weight is 363 g/mol. The van der Waals surface area contributed by atoms with Gasteiger partial charge in [0.25, 0.3) is 0 Å². The lowest BCUT2D eigenvalue weighted by molar-refractivity contribution is -0.147. The van der Waals surface area contributed by atoms with Crippen LogP contribution in [0.3, 0.4) is 0 Å². The van der Waals surface area contributed by atoms with Crippen LogP contribution in [-0.4, -0.2) is 35.9 Å². The molecule has 0 saturated carbocycles. The molecular formula is C19H25NO6. The highest BCUT2D eigenvalue weighted by Crippen LogP contribution is 2.45. The van der Waals surface area contributed by atoms with E-state index < -0.39 is 22.8 Å². The minimum Gasteiger partial charge on any atom is -0.497 e. The summed E-state index contributed by atoms with van der Waals surface area (Å²) in [5.41, 5.74) is -2.08. The Kier molecular flexibility index (Phi) is 7.01. The maximum absolute atomic E-state index is 11.6. The molecule has 26 heavy (non-hydrogen) atoms. The highest BCUT2D eigenvalue weighted by molar-refractivity contribution is 5.74. The standard InChI is InChI=1S/C19H25NO6/c1-5-26-15-10-13(25-4)6-7-14(15)19(12-20,9-8-16(21)22)11-18(2,3)17(23)24/h6-7,10H,5,8-9,11H2,1-4H3,(H,21,22)(H,23,24).